The van der Waals surface area contributed by atoms with Gasteiger partial charge in [0.2, 0.25) is 5.91 Å². The maximum atomic E-state index is 11.7. The molecule has 0 aromatic heterocycles. The van der Waals surface area contributed by atoms with Gasteiger partial charge in [0.1, 0.15) is 6.61 Å². The highest BCUT2D eigenvalue weighted by Crippen LogP contribution is 2.23. The first-order chi connectivity index (χ1) is 9.08. The summed E-state index contributed by atoms with van der Waals surface area (Å²) < 4.78 is 5.00. The largest absolute Gasteiger partial charge is 0.462 e. The fourth-order valence-corrected chi connectivity index (χ4v) is 1.75. The maximum absolute atomic E-state index is 11.7. The van der Waals surface area contributed by atoms with E-state index in [1.54, 1.807) is 12.1 Å². The predicted molar refractivity (Wildman–Crippen MR) is 71.9 cm³/mol. The lowest BCUT2D eigenvalue weighted by atomic mass is 10.2. The van der Waals surface area contributed by atoms with E-state index >= 15 is 0 Å². The molecule has 1 amide bonds. The first-order valence-electron chi connectivity index (χ1n) is 6.08. The van der Waals surface area contributed by atoms with Crippen molar-refractivity contribution >= 4 is 29.2 Å². The normalized spacial score (nSPS) is 13.9. The molecule has 0 unspecified atom stereocenters. The standard InChI is InChI=1S/C13H15ClN2O3/c14-12-9(2-1-3-10(12)15)13(18)19-7-6-11(17)16-8-4-5-8/h1-3,8H,4-7,15H2,(H,16,17). The molecular weight excluding hydrogens is 268 g/mol. The number of carbonyl (C=O) groups is 2. The molecule has 0 spiro atoms. The van der Waals surface area contributed by atoms with Crippen molar-refractivity contribution in [1.82, 2.24) is 5.32 Å². The summed E-state index contributed by atoms with van der Waals surface area (Å²) in [4.78, 5) is 23.1. The van der Waals surface area contributed by atoms with Gasteiger partial charge in [0.05, 0.1) is 22.7 Å². The third-order valence-corrected chi connectivity index (χ3v) is 3.18. The lowest BCUT2D eigenvalue weighted by Crippen LogP contribution is -2.26. The zero-order chi connectivity index (χ0) is 13.8. The van der Waals surface area contributed by atoms with Gasteiger partial charge in [0.15, 0.2) is 0 Å². The van der Waals surface area contributed by atoms with Crippen LogP contribution in [0.15, 0.2) is 18.2 Å². The number of nitrogen functional groups attached to an aromatic ring is 1. The average Bonchev–Trinajstić information content (AvgIpc) is 3.16. The number of carbonyl (C=O) groups excluding carboxylic acids is 2. The Morgan fingerprint density at radius 3 is 2.84 bits per heavy atom. The van der Waals surface area contributed by atoms with Crippen molar-refractivity contribution in [3.63, 3.8) is 0 Å². The van der Waals surface area contributed by atoms with Crippen molar-refractivity contribution in [2.45, 2.75) is 25.3 Å². The van der Waals surface area contributed by atoms with Crippen molar-refractivity contribution in [2.24, 2.45) is 0 Å². The second-order valence-electron chi connectivity index (χ2n) is 4.44. The summed E-state index contributed by atoms with van der Waals surface area (Å²) in [5.74, 6) is -0.675. The summed E-state index contributed by atoms with van der Waals surface area (Å²) >= 11 is 5.90. The molecule has 19 heavy (non-hydrogen) atoms. The molecule has 5 nitrogen and oxygen atoms in total. The second kappa shape index (κ2) is 5.93. The maximum Gasteiger partial charge on any atom is 0.339 e. The van der Waals surface area contributed by atoms with E-state index in [0.29, 0.717) is 11.7 Å². The number of rotatable bonds is 5. The second-order valence-corrected chi connectivity index (χ2v) is 4.81. The number of nitrogens with two attached hydrogens (primary N) is 1. The van der Waals surface area contributed by atoms with Gasteiger partial charge in [-0.3, -0.25) is 4.79 Å². The molecule has 1 aromatic rings. The highest BCUT2D eigenvalue weighted by molar-refractivity contribution is 6.36. The number of esters is 1. The predicted octanol–water partition coefficient (Wildman–Crippen LogP) is 1.75. The SMILES string of the molecule is Nc1cccc(C(=O)OCCC(=O)NC2CC2)c1Cl. The van der Waals surface area contributed by atoms with Gasteiger partial charge in [0.25, 0.3) is 0 Å². The number of ether oxygens (including phenoxy) is 1. The summed E-state index contributed by atoms with van der Waals surface area (Å²) in [5, 5.41) is 2.99. The monoisotopic (exact) mass is 282 g/mol. The van der Waals surface area contributed by atoms with E-state index in [-0.39, 0.29) is 29.5 Å². The Kier molecular flexibility index (Phi) is 4.27. The van der Waals surface area contributed by atoms with Gasteiger partial charge in [-0.05, 0) is 25.0 Å². The highest BCUT2D eigenvalue weighted by atomic mass is 35.5. The molecule has 0 atom stereocenters. The fourth-order valence-electron chi connectivity index (χ4n) is 1.55. The zero-order valence-electron chi connectivity index (χ0n) is 10.3. The number of halogens is 1. The summed E-state index contributed by atoms with van der Waals surface area (Å²) in [6.07, 6.45) is 2.22. The summed E-state index contributed by atoms with van der Waals surface area (Å²) in [7, 11) is 0. The third-order valence-electron chi connectivity index (χ3n) is 2.75. The molecule has 0 heterocycles. The van der Waals surface area contributed by atoms with Gasteiger partial charge in [-0.1, -0.05) is 17.7 Å². The van der Waals surface area contributed by atoms with Crippen LogP contribution in [-0.2, 0) is 9.53 Å². The third kappa shape index (κ3) is 3.86. The fraction of sp³-hybridized carbons (Fsp3) is 0.385. The van der Waals surface area contributed by atoms with Crippen LogP contribution in [0.2, 0.25) is 5.02 Å². The van der Waals surface area contributed by atoms with Crippen molar-refractivity contribution in [3.05, 3.63) is 28.8 Å². The van der Waals surface area contributed by atoms with Crippen LogP contribution in [0.25, 0.3) is 0 Å². The lowest BCUT2D eigenvalue weighted by Gasteiger charge is -2.07. The van der Waals surface area contributed by atoms with Gasteiger partial charge in [-0.2, -0.15) is 0 Å². The van der Waals surface area contributed by atoms with E-state index in [1.807, 2.05) is 0 Å². The smallest absolute Gasteiger partial charge is 0.339 e. The van der Waals surface area contributed by atoms with Crippen LogP contribution in [-0.4, -0.2) is 24.5 Å². The number of hydrogen-bond donors (Lipinski definition) is 2. The molecule has 0 saturated heterocycles. The first-order valence-corrected chi connectivity index (χ1v) is 6.46. The molecule has 1 fully saturated rings. The molecule has 1 aromatic carbocycles. The van der Waals surface area contributed by atoms with E-state index in [9.17, 15) is 9.59 Å². The van der Waals surface area contributed by atoms with E-state index in [1.165, 1.54) is 6.07 Å². The van der Waals surface area contributed by atoms with Gasteiger partial charge in [-0.15, -0.1) is 0 Å². The number of amides is 1. The molecule has 0 aliphatic heterocycles. The minimum Gasteiger partial charge on any atom is -0.462 e. The molecule has 102 valence electrons. The van der Waals surface area contributed by atoms with Crippen molar-refractivity contribution in [2.75, 3.05) is 12.3 Å². The molecular formula is C13H15ClN2O3. The number of anilines is 1. The minimum absolute atomic E-state index is 0.0303. The van der Waals surface area contributed by atoms with Crippen LogP contribution >= 0.6 is 11.6 Å². The molecule has 6 heteroatoms. The molecule has 3 N–H and O–H groups in total. The van der Waals surface area contributed by atoms with Crippen LogP contribution in [0.3, 0.4) is 0 Å². The quantitative estimate of drug-likeness (QED) is 0.637. The Labute approximate surface area is 116 Å². The molecule has 1 aliphatic rings. The van der Waals surface area contributed by atoms with Crippen LogP contribution in [0.5, 0.6) is 0 Å². The topological polar surface area (TPSA) is 81.4 Å². The number of nitrogens with one attached hydrogen (secondary N) is 1. The number of benzene rings is 1. The Morgan fingerprint density at radius 1 is 1.42 bits per heavy atom. The minimum atomic E-state index is -0.573. The average molecular weight is 283 g/mol. The van der Waals surface area contributed by atoms with Crippen LogP contribution < -0.4 is 11.1 Å². The molecule has 0 radical (unpaired) electrons. The molecule has 1 aliphatic carbocycles. The number of hydrogen-bond acceptors (Lipinski definition) is 4. The Bertz CT molecular complexity index is 501. The first kappa shape index (κ1) is 13.7. The van der Waals surface area contributed by atoms with Gasteiger partial charge in [-0.25, -0.2) is 4.79 Å². The highest BCUT2D eigenvalue weighted by Gasteiger charge is 2.23. The summed E-state index contributed by atoms with van der Waals surface area (Å²) in [6.45, 7) is 0.0303. The van der Waals surface area contributed by atoms with Gasteiger partial charge in [0, 0.05) is 6.04 Å². The Morgan fingerprint density at radius 2 is 2.16 bits per heavy atom. The van der Waals surface area contributed by atoms with E-state index in [2.05, 4.69) is 5.32 Å². The summed E-state index contributed by atoms with van der Waals surface area (Å²) in [5.41, 5.74) is 6.13. The Hall–Kier alpha value is -1.75. The van der Waals surface area contributed by atoms with Gasteiger partial charge < -0.3 is 15.8 Å². The summed E-state index contributed by atoms with van der Waals surface area (Å²) in [6, 6.07) is 5.07. The zero-order valence-corrected chi connectivity index (χ0v) is 11.1. The van der Waals surface area contributed by atoms with Crippen molar-refractivity contribution in [3.8, 4) is 0 Å². The Balaban J connectivity index is 1.80. The molecule has 2 rings (SSSR count). The van der Waals surface area contributed by atoms with Crippen LogP contribution in [0.4, 0.5) is 5.69 Å². The van der Waals surface area contributed by atoms with Crippen LogP contribution in [0, 0.1) is 0 Å². The van der Waals surface area contributed by atoms with E-state index < -0.39 is 5.97 Å². The van der Waals surface area contributed by atoms with Crippen molar-refractivity contribution < 1.29 is 14.3 Å². The van der Waals surface area contributed by atoms with E-state index in [4.69, 9.17) is 22.1 Å². The lowest BCUT2D eigenvalue weighted by molar-refractivity contribution is -0.121. The van der Waals surface area contributed by atoms with E-state index in [0.717, 1.165) is 12.8 Å². The molecule has 0 bridgehead atoms. The van der Waals surface area contributed by atoms with Crippen LogP contribution in [0.1, 0.15) is 29.6 Å². The van der Waals surface area contributed by atoms with Gasteiger partial charge >= 0.3 is 5.97 Å². The molecule has 1 saturated carbocycles. The van der Waals surface area contributed by atoms with Crippen molar-refractivity contribution in [1.29, 1.82) is 0 Å².